The third-order valence-corrected chi connectivity index (χ3v) is 7.96. The number of sulfone groups is 1. The monoisotopic (exact) mass is 461 g/mol. The number of nitrogens with one attached hydrogen (secondary N) is 1. The van der Waals surface area contributed by atoms with E-state index in [9.17, 15) is 13.2 Å². The lowest BCUT2D eigenvalue weighted by molar-refractivity contribution is 0.0947. The first kappa shape index (κ1) is 22.6. The Morgan fingerprint density at radius 2 is 1.58 bits per heavy atom. The zero-order chi connectivity index (χ0) is 22.4. The number of carbonyl (C=O) groups excluding carboxylic acids is 1. The Morgan fingerprint density at radius 3 is 2.10 bits per heavy atom. The van der Waals surface area contributed by atoms with Gasteiger partial charge in [-0.1, -0.05) is 12.1 Å². The van der Waals surface area contributed by atoms with Gasteiger partial charge in [-0.25, -0.2) is 8.42 Å². The number of hydrogen-bond donors (Lipinski definition) is 1. The van der Waals surface area contributed by atoms with Gasteiger partial charge >= 0.3 is 0 Å². The van der Waals surface area contributed by atoms with Crippen LogP contribution in [0.15, 0.2) is 64.9 Å². The molecule has 2 aromatic carbocycles. The number of methoxy groups -OCH3 is 3. The van der Waals surface area contributed by atoms with Crippen LogP contribution in [0.2, 0.25) is 0 Å². The third-order valence-electron chi connectivity index (χ3n) is 4.73. The molecule has 3 rings (SSSR count). The molecular weight excluding hydrogens is 438 g/mol. The second kappa shape index (κ2) is 9.84. The van der Waals surface area contributed by atoms with Crippen molar-refractivity contribution >= 4 is 27.1 Å². The quantitative estimate of drug-likeness (QED) is 0.522. The lowest BCUT2D eigenvalue weighted by atomic mass is 10.1. The van der Waals surface area contributed by atoms with Gasteiger partial charge in [0.1, 0.15) is 28.1 Å². The van der Waals surface area contributed by atoms with E-state index in [-0.39, 0.29) is 17.0 Å². The Bertz CT molecular complexity index is 1100. The van der Waals surface area contributed by atoms with Crippen LogP contribution in [-0.4, -0.2) is 42.2 Å². The van der Waals surface area contributed by atoms with Gasteiger partial charge in [0, 0.05) is 11.4 Å². The van der Waals surface area contributed by atoms with E-state index in [1.54, 1.807) is 47.8 Å². The molecule has 0 saturated carbocycles. The normalized spacial score (nSPS) is 12.1. The molecule has 0 saturated heterocycles. The minimum atomic E-state index is -3.78. The van der Waals surface area contributed by atoms with Crippen LogP contribution < -0.4 is 19.5 Å². The first-order chi connectivity index (χ1) is 14.9. The van der Waals surface area contributed by atoms with Gasteiger partial charge in [-0.3, -0.25) is 4.79 Å². The van der Waals surface area contributed by atoms with Crippen molar-refractivity contribution < 1.29 is 27.4 Å². The van der Waals surface area contributed by atoms with Gasteiger partial charge < -0.3 is 19.5 Å². The molecule has 0 bridgehead atoms. The molecule has 1 atom stereocenters. The van der Waals surface area contributed by atoms with Crippen molar-refractivity contribution in [3.8, 4) is 17.2 Å². The molecule has 0 fully saturated rings. The SMILES string of the molecule is COc1ccc(S(=O)(=O)[C@H](CNC(=O)c2c(OC)cccc2OC)c2cccs2)cc1. The van der Waals surface area contributed by atoms with Crippen LogP contribution in [-0.2, 0) is 9.84 Å². The number of benzene rings is 2. The zero-order valence-electron chi connectivity index (χ0n) is 17.3. The van der Waals surface area contributed by atoms with Gasteiger partial charge in [0.15, 0.2) is 9.84 Å². The summed E-state index contributed by atoms with van der Waals surface area (Å²) in [5.41, 5.74) is 0.208. The highest BCUT2D eigenvalue weighted by molar-refractivity contribution is 7.91. The topological polar surface area (TPSA) is 90.9 Å². The molecule has 0 aliphatic heterocycles. The molecule has 3 aromatic rings. The summed E-state index contributed by atoms with van der Waals surface area (Å²) in [5, 5.41) is 3.59. The lowest BCUT2D eigenvalue weighted by Gasteiger charge is -2.19. The number of amides is 1. The van der Waals surface area contributed by atoms with Crippen LogP contribution in [0.25, 0.3) is 0 Å². The minimum Gasteiger partial charge on any atom is -0.497 e. The maximum atomic E-state index is 13.4. The summed E-state index contributed by atoms with van der Waals surface area (Å²) >= 11 is 1.32. The molecule has 31 heavy (non-hydrogen) atoms. The van der Waals surface area contributed by atoms with Crippen molar-refractivity contribution in [3.05, 3.63) is 70.4 Å². The van der Waals surface area contributed by atoms with E-state index < -0.39 is 21.0 Å². The molecule has 0 spiro atoms. The molecule has 1 heterocycles. The van der Waals surface area contributed by atoms with E-state index in [4.69, 9.17) is 14.2 Å². The van der Waals surface area contributed by atoms with E-state index >= 15 is 0 Å². The Hall–Kier alpha value is -3.04. The van der Waals surface area contributed by atoms with Crippen LogP contribution in [0, 0.1) is 0 Å². The summed E-state index contributed by atoms with van der Waals surface area (Å²) in [6.45, 7) is -0.116. The summed E-state index contributed by atoms with van der Waals surface area (Å²) in [6.07, 6.45) is 0. The highest BCUT2D eigenvalue weighted by Crippen LogP contribution is 2.33. The molecule has 0 aliphatic carbocycles. The maximum Gasteiger partial charge on any atom is 0.258 e. The van der Waals surface area contributed by atoms with E-state index in [1.807, 2.05) is 0 Å². The first-order valence-electron chi connectivity index (χ1n) is 9.33. The molecule has 0 aliphatic rings. The van der Waals surface area contributed by atoms with Crippen molar-refractivity contribution in [3.63, 3.8) is 0 Å². The van der Waals surface area contributed by atoms with Crippen LogP contribution in [0.5, 0.6) is 17.2 Å². The highest BCUT2D eigenvalue weighted by Gasteiger charge is 2.31. The van der Waals surface area contributed by atoms with Crippen molar-refractivity contribution in [2.75, 3.05) is 27.9 Å². The van der Waals surface area contributed by atoms with Crippen molar-refractivity contribution in [2.24, 2.45) is 0 Å². The Labute approximate surface area is 185 Å². The molecule has 164 valence electrons. The summed E-state index contributed by atoms with van der Waals surface area (Å²) in [5.74, 6) is 0.744. The second-order valence-corrected chi connectivity index (χ2v) is 9.58. The smallest absolute Gasteiger partial charge is 0.258 e. The average Bonchev–Trinajstić information content (AvgIpc) is 3.32. The molecule has 1 N–H and O–H groups in total. The van der Waals surface area contributed by atoms with Crippen LogP contribution in [0.3, 0.4) is 0 Å². The molecule has 9 heteroatoms. The zero-order valence-corrected chi connectivity index (χ0v) is 19.0. The number of thiophene rings is 1. The fourth-order valence-corrected chi connectivity index (χ4v) is 5.90. The molecule has 0 unspecified atom stereocenters. The van der Waals surface area contributed by atoms with Gasteiger partial charge in [0.2, 0.25) is 0 Å². The molecule has 1 aromatic heterocycles. The van der Waals surface area contributed by atoms with E-state index in [0.717, 1.165) is 0 Å². The standard InChI is InChI=1S/C22H23NO6S2/c1-27-15-9-11-16(12-10-15)31(25,26)20(19-8-5-13-30-19)14-23-22(24)21-17(28-2)6-4-7-18(21)29-3/h4-13,20H,14H2,1-3H3,(H,23,24)/t20-/m1/s1. The summed E-state index contributed by atoms with van der Waals surface area (Å²) in [6, 6.07) is 14.7. The van der Waals surface area contributed by atoms with Crippen LogP contribution >= 0.6 is 11.3 Å². The summed E-state index contributed by atoms with van der Waals surface area (Å²) in [7, 11) is 0.638. The fourth-order valence-electron chi connectivity index (χ4n) is 3.12. The van der Waals surface area contributed by atoms with E-state index in [0.29, 0.717) is 22.1 Å². The lowest BCUT2D eigenvalue weighted by Crippen LogP contribution is -2.32. The van der Waals surface area contributed by atoms with Crippen molar-refractivity contribution in [2.45, 2.75) is 10.1 Å². The second-order valence-electron chi connectivity index (χ2n) is 6.47. The van der Waals surface area contributed by atoms with Crippen molar-refractivity contribution in [1.29, 1.82) is 0 Å². The van der Waals surface area contributed by atoms with Crippen molar-refractivity contribution in [1.82, 2.24) is 5.32 Å². The predicted octanol–water partition coefficient (Wildman–Crippen LogP) is 3.72. The highest BCUT2D eigenvalue weighted by atomic mass is 32.2. The number of carbonyl (C=O) groups is 1. The predicted molar refractivity (Wildman–Crippen MR) is 119 cm³/mol. The first-order valence-corrected chi connectivity index (χ1v) is 11.8. The fraction of sp³-hybridized carbons (Fsp3) is 0.227. The van der Waals surface area contributed by atoms with Crippen LogP contribution in [0.1, 0.15) is 20.5 Å². The Morgan fingerprint density at radius 1 is 0.935 bits per heavy atom. The number of rotatable bonds is 9. The molecular formula is C22H23NO6S2. The minimum absolute atomic E-state index is 0.116. The van der Waals surface area contributed by atoms with Gasteiger partial charge in [-0.2, -0.15) is 0 Å². The average molecular weight is 462 g/mol. The summed E-state index contributed by atoms with van der Waals surface area (Å²) < 4.78 is 42.4. The maximum absolute atomic E-state index is 13.4. The number of ether oxygens (including phenoxy) is 3. The molecule has 7 nitrogen and oxygen atoms in total. The van der Waals surface area contributed by atoms with Gasteiger partial charge in [0.05, 0.1) is 26.2 Å². The number of hydrogen-bond acceptors (Lipinski definition) is 7. The third kappa shape index (κ3) is 4.83. The van der Waals surface area contributed by atoms with Gasteiger partial charge in [-0.05, 0) is 47.8 Å². The summed E-state index contributed by atoms with van der Waals surface area (Å²) in [4.78, 5) is 13.7. The Kier molecular flexibility index (Phi) is 7.19. The van der Waals surface area contributed by atoms with Crippen LogP contribution in [0.4, 0.5) is 0 Å². The van der Waals surface area contributed by atoms with E-state index in [2.05, 4.69) is 5.32 Å². The van der Waals surface area contributed by atoms with Gasteiger partial charge in [-0.15, -0.1) is 11.3 Å². The largest absolute Gasteiger partial charge is 0.497 e. The molecule has 1 amide bonds. The Balaban J connectivity index is 1.91. The van der Waals surface area contributed by atoms with E-state index in [1.165, 1.54) is 44.8 Å². The van der Waals surface area contributed by atoms with Gasteiger partial charge in [0.25, 0.3) is 5.91 Å². The molecule has 0 radical (unpaired) electrons.